The van der Waals surface area contributed by atoms with Gasteiger partial charge in [-0.1, -0.05) is 24.3 Å². The monoisotopic (exact) mass is 292 g/mol. The minimum absolute atomic E-state index is 0. The summed E-state index contributed by atoms with van der Waals surface area (Å²) in [4.78, 5) is 13.0. The van der Waals surface area contributed by atoms with Gasteiger partial charge in [-0.05, 0) is 67.7 Å². The van der Waals surface area contributed by atoms with Gasteiger partial charge in [0.05, 0.1) is 0 Å². The molecule has 0 saturated carbocycles. The fourth-order valence-electron chi connectivity index (χ4n) is 2.85. The van der Waals surface area contributed by atoms with Crippen LogP contribution in [0.4, 0.5) is 0 Å². The first-order chi connectivity index (χ1) is 9.34. The van der Waals surface area contributed by atoms with Crippen molar-refractivity contribution in [3.63, 3.8) is 0 Å². The molecule has 0 spiro atoms. The Balaban J connectivity index is 0.00000220. The number of carbonyl (C=O) groups is 1. The van der Waals surface area contributed by atoms with Crippen LogP contribution in [-0.4, -0.2) is 5.78 Å². The van der Waals surface area contributed by atoms with Gasteiger partial charge in [0.2, 0.25) is 0 Å². The molecule has 0 N–H and O–H groups in total. The second kappa shape index (κ2) is 6.93. The molecule has 106 valence electrons. The maximum absolute atomic E-state index is 13.0. The quantitative estimate of drug-likeness (QED) is 0.460. The Morgan fingerprint density at radius 2 is 1.43 bits per heavy atom. The molecule has 0 radical (unpaired) electrons. The summed E-state index contributed by atoms with van der Waals surface area (Å²) in [5.74, 6) is 0.138. The van der Waals surface area contributed by atoms with Crippen LogP contribution in [0, 0.1) is 34.6 Å². The molecule has 1 atom stereocenters. The van der Waals surface area contributed by atoms with E-state index in [2.05, 4.69) is 22.2 Å². The maximum atomic E-state index is 13.0. The number of hydrogen-bond donors (Lipinski definition) is 0. The van der Waals surface area contributed by atoms with Crippen molar-refractivity contribution < 1.29 is 25.1 Å². The molecule has 0 aliphatic carbocycles. The van der Waals surface area contributed by atoms with Crippen LogP contribution in [0.1, 0.15) is 45.2 Å². The van der Waals surface area contributed by atoms with E-state index >= 15 is 0 Å². The Kier molecular flexibility index (Phi) is 6.00. The second-order valence-corrected chi connectivity index (χ2v) is 6.10. The van der Waals surface area contributed by atoms with Crippen molar-refractivity contribution in [3.8, 4) is 0 Å². The Hall–Kier alpha value is -0.863. The molecule has 0 saturated heterocycles. The first-order valence-electron chi connectivity index (χ1n) is 6.81. The SMILES string of the molecule is Cc1cc(C)c(C(=O)c2c(C)cccc2C)c(C)c1P.[H-].[Li+]. The summed E-state index contributed by atoms with van der Waals surface area (Å²) < 4.78 is 0. The van der Waals surface area contributed by atoms with Crippen LogP contribution < -0.4 is 24.2 Å². The summed E-state index contributed by atoms with van der Waals surface area (Å²) >= 11 is 0. The van der Waals surface area contributed by atoms with Gasteiger partial charge in [0, 0.05) is 11.1 Å². The van der Waals surface area contributed by atoms with Gasteiger partial charge in [0.25, 0.3) is 0 Å². The molecule has 1 nitrogen and oxygen atoms in total. The van der Waals surface area contributed by atoms with E-state index in [1.54, 1.807) is 0 Å². The maximum Gasteiger partial charge on any atom is 1.00 e. The summed E-state index contributed by atoms with van der Waals surface area (Å²) in [7, 11) is 2.76. The van der Waals surface area contributed by atoms with Gasteiger partial charge >= 0.3 is 18.9 Å². The number of rotatable bonds is 2. The molecular weight excluding hydrogens is 270 g/mol. The fraction of sp³-hybridized carbons (Fsp3) is 0.278. The van der Waals surface area contributed by atoms with E-state index in [1.807, 2.05) is 45.9 Å². The van der Waals surface area contributed by atoms with E-state index < -0.39 is 0 Å². The van der Waals surface area contributed by atoms with Crippen molar-refractivity contribution in [2.24, 2.45) is 0 Å². The van der Waals surface area contributed by atoms with Gasteiger partial charge in [-0.25, -0.2) is 0 Å². The molecule has 3 heteroatoms. The molecule has 1 unspecified atom stereocenters. The van der Waals surface area contributed by atoms with E-state index in [4.69, 9.17) is 0 Å². The first-order valence-corrected chi connectivity index (χ1v) is 7.39. The Morgan fingerprint density at radius 1 is 0.905 bits per heavy atom. The molecule has 0 bridgehead atoms. The molecule has 2 rings (SSSR count). The predicted octanol–water partition coefficient (Wildman–Crippen LogP) is 1.08. The molecule has 2 aromatic rings. The standard InChI is InChI=1S/C18H21OP.Li.H/c1-10-7-6-8-11(2)15(10)17(19)16-12(3)9-13(4)18(20)14(16)5;;/h6-9H,20H2,1-5H3;;/q;+1;-1. The minimum atomic E-state index is 0. The largest absolute Gasteiger partial charge is 1.00 e. The van der Waals surface area contributed by atoms with Gasteiger partial charge in [-0.2, -0.15) is 0 Å². The average Bonchev–Trinajstić information content (AvgIpc) is 2.36. The molecule has 2 aromatic carbocycles. The van der Waals surface area contributed by atoms with E-state index in [1.165, 1.54) is 5.56 Å². The van der Waals surface area contributed by atoms with E-state index in [9.17, 15) is 4.79 Å². The summed E-state index contributed by atoms with van der Waals surface area (Å²) in [5.41, 5.74) is 7.10. The Bertz CT molecular complexity index is 690. The van der Waals surface area contributed by atoms with Crippen molar-refractivity contribution in [2.45, 2.75) is 34.6 Å². The van der Waals surface area contributed by atoms with Crippen LogP contribution in [0.5, 0.6) is 0 Å². The van der Waals surface area contributed by atoms with Gasteiger partial charge in [-0.3, -0.25) is 4.79 Å². The van der Waals surface area contributed by atoms with Crippen LogP contribution in [0.25, 0.3) is 0 Å². The molecule has 0 aromatic heterocycles. The van der Waals surface area contributed by atoms with Crippen LogP contribution in [-0.2, 0) is 0 Å². The zero-order valence-electron chi connectivity index (χ0n) is 14.8. The van der Waals surface area contributed by atoms with Crippen molar-refractivity contribution in [2.75, 3.05) is 0 Å². The second-order valence-electron chi connectivity index (χ2n) is 5.52. The smallest absolute Gasteiger partial charge is 1.00 e. The summed E-state index contributed by atoms with van der Waals surface area (Å²) in [6.45, 7) is 10.1. The Morgan fingerprint density at radius 3 is 1.95 bits per heavy atom. The van der Waals surface area contributed by atoms with Gasteiger partial charge in [0.15, 0.2) is 5.78 Å². The fourth-order valence-corrected chi connectivity index (χ4v) is 3.08. The van der Waals surface area contributed by atoms with E-state index in [0.717, 1.165) is 38.7 Å². The molecular formula is C18H22LiOP. The molecule has 0 aliphatic heterocycles. The Labute approximate surface area is 143 Å². The third-order valence-electron chi connectivity index (χ3n) is 3.97. The normalized spacial score (nSPS) is 10.2. The van der Waals surface area contributed by atoms with E-state index in [-0.39, 0.29) is 26.1 Å². The van der Waals surface area contributed by atoms with Crippen LogP contribution in [0.2, 0.25) is 0 Å². The summed E-state index contributed by atoms with van der Waals surface area (Å²) in [6.07, 6.45) is 0. The molecule has 0 heterocycles. The number of ketones is 1. The first kappa shape index (κ1) is 18.2. The predicted molar refractivity (Wildman–Crippen MR) is 90.5 cm³/mol. The van der Waals surface area contributed by atoms with Crippen LogP contribution in [0.3, 0.4) is 0 Å². The third kappa shape index (κ3) is 3.32. The van der Waals surface area contributed by atoms with Crippen LogP contribution >= 0.6 is 9.24 Å². The average molecular weight is 292 g/mol. The number of benzene rings is 2. The molecule has 0 fully saturated rings. The van der Waals surface area contributed by atoms with Crippen molar-refractivity contribution in [1.82, 2.24) is 0 Å². The zero-order chi connectivity index (χ0) is 15.0. The van der Waals surface area contributed by atoms with Crippen LogP contribution in [0.15, 0.2) is 24.3 Å². The topological polar surface area (TPSA) is 17.1 Å². The van der Waals surface area contributed by atoms with E-state index in [0.29, 0.717) is 0 Å². The van der Waals surface area contributed by atoms with Crippen molar-refractivity contribution >= 4 is 20.3 Å². The molecule has 21 heavy (non-hydrogen) atoms. The third-order valence-corrected chi connectivity index (χ3v) is 4.85. The van der Waals surface area contributed by atoms with Gasteiger partial charge in [-0.15, -0.1) is 9.24 Å². The van der Waals surface area contributed by atoms with Gasteiger partial charge < -0.3 is 1.43 Å². The minimum Gasteiger partial charge on any atom is -1.00 e. The summed E-state index contributed by atoms with van der Waals surface area (Å²) in [6, 6.07) is 8.09. The van der Waals surface area contributed by atoms with Crippen molar-refractivity contribution in [3.05, 3.63) is 63.2 Å². The molecule has 0 amide bonds. The molecule has 0 aliphatic rings. The van der Waals surface area contributed by atoms with Gasteiger partial charge in [0.1, 0.15) is 0 Å². The summed E-state index contributed by atoms with van der Waals surface area (Å²) in [5, 5.41) is 1.13. The number of aryl methyl sites for hydroxylation is 4. The van der Waals surface area contributed by atoms with Crippen molar-refractivity contribution in [1.29, 1.82) is 0 Å². The number of hydrogen-bond acceptors (Lipinski definition) is 1. The number of carbonyl (C=O) groups excluding carboxylic acids is 1. The zero-order valence-corrected chi connectivity index (χ0v) is 14.9.